The standard InChI is InChI=1S/C23H28NOP/c1-22(2,3)17-13-18(23(4,5)6)15-19(14-17)25-26-20-11-7-9-16-10-8-12-24-21(16)20/h7-15,26H,1-6H3. The smallest absolute Gasteiger partial charge is 0.123 e. The number of hydrogen-bond acceptors (Lipinski definition) is 2. The molecule has 2 aromatic carbocycles. The molecule has 136 valence electrons. The van der Waals surface area contributed by atoms with Crippen LogP contribution < -0.4 is 9.83 Å². The second kappa shape index (κ2) is 7.00. The molecule has 1 heterocycles. The SMILES string of the molecule is CC(C)(C)c1cc(OPc2cccc3cccnc23)cc(C(C)(C)C)c1. The van der Waals surface area contributed by atoms with Crippen molar-refractivity contribution < 1.29 is 4.52 Å². The van der Waals surface area contributed by atoms with E-state index in [9.17, 15) is 0 Å². The van der Waals surface area contributed by atoms with Gasteiger partial charge in [0.2, 0.25) is 0 Å². The number of benzene rings is 2. The molecule has 26 heavy (non-hydrogen) atoms. The van der Waals surface area contributed by atoms with Crippen molar-refractivity contribution in [2.24, 2.45) is 0 Å². The Morgan fingerprint density at radius 3 is 2.04 bits per heavy atom. The van der Waals surface area contributed by atoms with Crippen molar-refractivity contribution in [2.45, 2.75) is 52.4 Å². The Morgan fingerprint density at radius 1 is 0.808 bits per heavy atom. The number of fused-ring (bicyclic) bond motifs is 1. The first kappa shape index (κ1) is 18.9. The van der Waals surface area contributed by atoms with Gasteiger partial charge in [0.15, 0.2) is 0 Å². The quantitative estimate of drug-likeness (QED) is 0.521. The zero-order chi connectivity index (χ0) is 18.9. The number of rotatable bonds is 3. The maximum atomic E-state index is 6.26. The average molecular weight is 365 g/mol. The van der Waals surface area contributed by atoms with Gasteiger partial charge in [-0.2, -0.15) is 0 Å². The molecule has 0 bridgehead atoms. The van der Waals surface area contributed by atoms with Crippen LogP contribution in [0, 0.1) is 0 Å². The van der Waals surface area contributed by atoms with Crippen LogP contribution in [0.5, 0.6) is 5.75 Å². The molecule has 1 aromatic heterocycles. The first-order valence-electron chi connectivity index (χ1n) is 9.07. The van der Waals surface area contributed by atoms with Gasteiger partial charge in [-0.15, -0.1) is 0 Å². The number of hydrogen-bond donors (Lipinski definition) is 0. The van der Waals surface area contributed by atoms with Crippen LogP contribution in [0.1, 0.15) is 52.7 Å². The lowest BCUT2D eigenvalue weighted by molar-refractivity contribution is 0.555. The summed E-state index contributed by atoms with van der Waals surface area (Å²) in [7, 11) is 0.233. The van der Waals surface area contributed by atoms with Gasteiger partial charge in [0, 0.05) is 16.9 Å². The van der Waals surface area contributed by atoms with Crippen LogP contribution in [0.3, 0.4) is 0 Å². The summed E-state index contributed by atoms with van der Waals surface area (Å²) in [5.74, 6) is 0.939. The minimum absolute atomic E-state index is 0.0868. The van der Waals surface area contributed by atoms with Gasteiger partial charge >= 0.3 is 0 Å². The molecule has 0 aliphatic carbocycles. The maximum absolute atomic E-state index is 6.26. The molecule has 0 N–H and O–H groups in total. The second-order valence-corrected chi connectivity index (χ2v) is 9.78. The molecule has 0 fully saturated rings. The molecule has 3 rings (SSSR count). The van der Waals surface area contributed by atoms with Gasteiger partial charge < -0.3 is 4.52 Å². The van der Waals surface area contributed by atoms with E-state index in [-0.39, 0.29) is 19.6 Å². The third-order valence-corrected chi connectivity index (χ3v) is 5.51. The minimum atomic E-state index is 0.0868. The number of para-hydroxylation sites is 1. The Bertz CT molecular complexity index is 882. The van der Waals surface area contributed by atoms with E-state index in [2.05, 4.69) is 89.0 Å². The van der Waals surface area contributed by atoms with Gasteiger partial charge in [0.05, 0.1) is 5.52 Å². The average Bonchev–Trinajstić information content (AvgIpc) is 2.58. The van der Waals surface area contributed by atoms with Crippen LogP contribution in [0.4, 0.5) is 0 Å². The molecule has 1 atom stereocenters. The van der Waals surface area contributed by atoms with Gasteiger partial charge in [0.25, 0.3) is 0 Å². The molecule has 0 amide bonds. The summed E-state index contributed by atoms with van der Waals surface area (Å²) >= 11 is 0. The van der Waals surface area contributed by atoms with Crippen molar-refractivity contribution in [3.63, 3.8) is 0 Å². The highest BCUT2D eigenvalue weighted by atomic mass is 31.1. The molecule has 2 nitrogen and oxygen atoms in total. The molecule has 3 aromatic rings. The normalized spacial score (nSPS) is 12.8. The zero-order valence-electron chi connectivity index (χ0n) is 16.6. The Hall–Kier alpha value is -1.92. The fourth-order valence-corrected chi connectivity index (χ4v) is 3.64. The summed E-state index contributed by atoms with van der Waals surface area (Å²) in [6.45, 7) is 13.5. The molecule has 0 saturated carbocycles. The number of pyridine rings is 1. The Balaban J connectivity index is 1.94. The van der Waals surface area contributed by atoms with Gasteiger partial charge in [0.1, 0.15) is 14.6 Å². The predicted octanol–water partition coefficient (Wildman–Crippen LogP) is 6.13. The van der Waals surface area contributed by atoms with Crippen molar-refractivity contribution in [1.29, 1.82) is 0 Å². The van der Waals surface area contributed by atoms with E-state index in [1.807, 2.05) is 12.3 Å². The largest absolute Gasteiger partial charge is 0.472 e. The summed E-state index contributed by atoms with van der Waals surface area (Å²) in [6.07, 6.45) is 1.84. The molecular weight excluding hydrogens is 337 g/mol. The summed E-state index contributed by atoms with van der Waals surface area (Å²) in [4.78, 5) is 4.53. The van der Waals surface area contributed by atoms with Crippen molar-refractivity contribution in [3.8, 4) is 5.75 Å². The van der Waals surface area contributed by atoms with Crippen LogP contribution in [0.25, 0.3) is 10.9 Å². The van der Waals surface area contributed by atoms with E-state index in [1.54, 1.807) is 0 Å². The fraction of sp³-hybridized carbons (Fsp3) is 0.348. The van der Waals surface area contributed by atoms with Gasteiger partial charge in [-0.1, -0.05) is 65.8 Å². The molecule has 0 aliphatic rings. The highest BCUT2D eigenvalue weighted by molar-refractivity contribution is 7.43. The summed E-state index contributed by atoms with van der Waals surface area (Å²) < 4.78 is 6.26. The van der Waals surface area contributed by atoms with Gasteiger partial charge in [-0.05, 0) is 46.2 Å². The van der Waals surface area contributed by atoms with Crippen LogP contribution in [-0.4, -0.2) is 4.98 Å². The molecular formula is C23H28NOP. The first-order valence-corrected chi connectivity index (χ1v) is 9.98. The summed E-state index contributed by atoms with van der Waals surface area (Å²) in [5, 5.41) is 2.29. The topological polar surface area (TPSA) is 22.1 Å². The van der Waals surface area contributed by atoms with Crippen molar-refractivity contribution in [3.05, 3.63) is 65.9 Å². The molecule has 3 heteroatoms. The van der Waals surface area contributed by atoms with E-state index in [1.165, 1.54) is 11.1 Å². The summed E-state index contributed by atoms with van der Waals surface area (Å²) in [6, 6.07) is 17.0. The zero-order valence-corrected chi connectivity index (χ0v) is 17.6. The highest BCUT2D eigenvalue weighted by Gasteiger charge is 2.21. The second-order valence-electron chi connectivity index (χ2n) is 8.83. The lowest BCUT2D eigenvalue weighted by Crippen LogP contribution is -2.16. The maximum Gasteiger partial charge on any atom is 0.123 e. The Morgan fingerprint density at radius 2 is 1.42 bits per heavy atom. The monoisotopic (exact) mass is 365 g/mol. The lowest BCUT2D eigenvalue weighted by atomic mass is 9.80. The first-order chi connectivity index (χ1) is 12.1. The Kier molecular flexibility index (Phi) is 5.08. The molecule has 0 saturated heterocycles. The minimum Gasteiger partial charge on any atom is -0.472 e. The molecule has 0 spiro atoms. The molecule has 1 unspecified atom stereocenters. The van der Waals surface area contributed by atoms with E-state index in [4.69, 9.17) is 4.52 Å². The highest BCUT2D eigenvalue weighted by Crippen LogP contribution is 2.34. The third kappa shape index (κ3) is 4.24. The third-order valence-electron chi connectivity index (χ3n) is 4.55. The predicted molar refractivity (Wildman–Crippen MR) is 114 cm³/mol. The van der Waals surface area contributed by atoms with E-state index in [0.29, 0.717) is 0 Å². The van der Waals surface area contributed by atoms with Gasteiger partial charge in [-0.3, -0.25) is 4.98 Å². The van der Waals surface area contributed by atoms with Crippen LogP contribution in [0.15, 0.2) is 54.7 Å². The number of aromatic nitrogens is 1. The Labute approximate surface area is 158 Å². The number of nitrogens with zero attached hydrogens (tertiary/aromatic N) is 1. The van der Waals surface area contributed by atoms with Crippen molar-refractivity contribution >= 4 is 25.0 Å². The summed E-state index contributed by atoms with van der Waals surface area (Å²) in [5.41, 5.74) is 3.81. The van der Waals surface area contributed by atoms with Crippen LogP contribution in [-0.2, 0) is 10.8 Å². The van der Waals surface area contributed by atoms with Crippen molar-refractivity contribution in [1.82, 2.24) is 4.98 Å². The van der Waals surface area contributed by atoms with Crippen LogP contribution in [0.2, 0.25) is 0 Å². The van der Waals surface area contributed by atoms with E-state index < -0.39 is 0 Å². The van der Waals surface area contributed by atoms with Gasteiger partial charge in [-0.25, -0.2) is 0 Å². The fourth-order valence-electron chi connectivity index (χ4n) is 2.82. The van der Waals surface area contributed by atoms with Crippen LogP contribution >= 0.6 is 8.81 Å². The van der Waals surface area contributed by atoms with E-state index in [0.717, 1.165) is 22.0 Å². The van der Waals surface area contributed by atoms with E-state index >= 15 is 0 Å². The molecule has 0 radical (unpaired) electrons. The molecule has 0 aliphatic heterocycles. The van der Waals surface area contributed by atoms with Crippen molar-refractivity contribution in [2.75, 3.05) is 0 Å². The lowest BCUT2D eigenvalue weighted by Gasteiger charge is -2.26.